The van der Waals surface area contributed by atoms with Gasteiger partial charge in [-0.2, -0.15) is 4.98 Å². The Bertz CT molecular complexity index is 309. The van der Waals surface area contributed by atoms with Gasteiger partial charge in [0.05, 0.1) is 13.3 Å². The van der Waals surface area contributed by atoms with Crippen molar-refractivity contribution >= 4 is 29.0 Å². The molecule has 0 aliphatic heterocycles. The van der Waals surface area contributed by atoms with Crippen LogP contribution < -0.4 is 10.1 Å². The zero-order valence-electron chi connectivity index (χ0n) is 8.46. The molecule has 0 aliphatic carbocycles. The molecule has 0 aromatic carbocycles. The van der Waals surface area contributed by atoms with Crippen molar-refractivity contribution in [2.45, 2.75) is 12.8 Å². The first kappa shape index (κ1) is 12.3. The van der Waals surface area contributed by atoms with Crippen LogP contribution in [0, 0.1) is 0 Å². The van der Waals surface area contributed by atoms with Crippen molar-refractivity contribution in [3.05, 3.63) is 11.2 Å². The first-order valence-electron chi connectivity index (χ1n) is 4.64. The summed E-state index contributed by atoms with van der Waals surface area (Å²) in [5.74, 6) is 1.26. The summed E-state index contributed by atoms with van der Waals surface area (Å²) in [6.07, 6.45) is 3.46. The number of aromatic nitrogens is 2. The van der Waals surface area contributed by atoms with Crippen molar-refractivity contribution in [3.63, 3.8) is 0 Å². The van der Waals surface area contributed by atoms with Crippen LogP contribution in [-0.2, 0) is 0 Å². The average molecular weight is 250 g/mol. The Morgan fingerprint density at radius 3 is 2.93 bits per heavy atom. The zero-order valence-corrected chi connectivity index (χ0v) is 9.98. The van der Waals surface area contributed by atoms with Crippen molar-refractivity contribution in [2.24, 2.45) is 0 Å². The number of anilines is 1. The summed E-state index contributed by atoms with van der Waals surface area (Å²) in [4.78, 5) is 7.95. The minimum absolute atomic E-state index is 0.305. The normalized spacial score (nSPS) is 10.1. The highest BCUT2D eigenvalue weighted by molar-refractivity contribution is 6.32. The van der Waals surface area contributed by atoms with Gasteiger partial charge in [0.2, 0.25) is 0 Å². The van der Waals surface area contributed by atoms with Crippen molar-refractivity contribution < 1.29 is 4.74 Å². The molecule has 4 nitrogen and oxygen atoms in total. The van der Waals surface area contributed by atoms with Crippen LogP contribution in [0.15, 0.2) is 6.20 Å². The third-order valence-electron chi connectivity index (χ3n) is 1.76. The first-order valence-corrected chi connectivity index (χ1v) is 5.55. The van der Waals surface area contributed by atoms with Crippen LogP contribution in [-0.4, -0.2) is 29.5 Å². The lowest BCUT2D eigenvalue weighted by Crippen LogP contribution is -2.05. The number of methoxy groups -OCH3 is 1. The maximum absolute atomic E-state index is 5.90. The smallest absolute Gasteiger partial charge is 0.318 e. The van der Waals surface area contributed by atoms with Gasteiger partial charge in [-0.3, -0.25) is 0 Å². The summed E-state index contributed by atoms with van der Waals surface area (Å²) in [5, 5.41) is 3.59. The van der Waals surface area contributed by atoms with Crippen LogP contribution in [0.4, 0.5) is 5.82 Å². The maximum Gasteiger partial charge on any atom is 0.318 e. The second-order valence-corrected chi connectivity index (χ2v) is 3.66. The van der Waals surface area contributed by atoms with Gasteiger partial charge in [-0.05, 0) is 12.8 Å². The number of unbranched alkanes of at least 4 members (excludes halogenated alkanes) is 1. The fourth-order valence-electron chi connectivity index (χ4n) is 1.000. The number of halogens is 2. The third-order valence-corrected chi connectivity index (χ3v) is 2.30. The molecule has 6 heteroatoms. The summed E-state index contributed by atoms with van der Waals surface area (Å²) >= 11 is 11.5. The van der Waals surface area contributed by atoms with E-state index < -0.39 is 0 Å². The molecule has 84 valence electrons. The molecule has 0 radical (unpaired) electrons. The van der Waals surface area contributed by atoms with Gasteiger partial charge in [-0.1, -0.05) is 11.6 Å². The van der Waals surface area contributed by atoms with Crippen molar-refractivity contribution in [2.75, 3.05) is 24.9 Å². The fourth-order valence-corrected chi connectivity index (χ4v) is 1.35. The van der Waals surface area contributed by atoms with Gasteiger partial charge in [0.1, 0.15) is 5.02 Å². The quantitative estimate of drug-likeness (QED) is 0.622. The van der Waals surface area contributed by atoms with E-state index in [1.807, 2.05) is 0 Å². The van der Waals surface area contributed by atoms with Gasteiger partial charge < -0.3 is 10.1 Å². The SMILES string of the molecule is COc1ncc(Cl)c(NCCCCCl)n1. The number of nitrogens with one attached hydrogen (secondary N) is 1. The van der Waals surface area contributed by atoms with Gasteiger partial charge >= 0.3 is 6.01 Å². The highest BCUT2D eigenvalue weighted by Crippen LogP contribution is 2.19. The van der Waals surface area contributed by atoms with Gasteiger partial charge in [0.25, 0.3) is 0 Å². The molecule has 0 atom stereocenters. The van der Waals surface area contributed by atoms with Crippen molar-refractivity contribution in [1.82, 2.24) is 9.97 Å². The molecular formula is C9H13Cl2N3O. The van der Waals surface area contributed by atoms with E-state index >= 15 is 0 Å². The summed E-state index contributed by atoms with van der Waals surface area (Å²) < 4.78 is 4.90. The maximum atomic E-state index is 5.90. The Labute approximate surface area is 99.0 Å². The minimum Gasteiger partial charge on any atom is -0.467 e. The van der Waals surface area contributed by atoms with Gasteiger partial charge in [0, 0.05) is 12.4 Å². The van der Waals surface area contributed by atoms with Gasteiger partial charge in [-0.25, -0.2) is 4.98 Å². The van der Waals surface area contributed by atoms with Crippen LogP contribution in [0.25, 0.3) is 0 Å². The largest absolute Gasteiger partial charge is 0.467 e. The molecule has 0 spiro atoms. The second kappa shape index (κ2) is 6.69. The molecule has 0 bridgehead atoms. The van der Waals surface area contributed by atoms with Crippen LogP contribution in [0.1, 0.15) is 12.8 Å². The standard InChI is InChI=1S/C9H13Cl2N3O/c1-15-9-13-6-7(11)8(14-9)12-5-3-2-4-10/h6H,2-5H2,1H3,(H,12,13,14). The van der Waals surface area contributed by atoms with E-state index in [1.165, 1.54) is 13.3 Å². The molecular weight excluding hydrogens is 237 g/mol. The van der Waals surface area contributed by atoms with Gasteiger partial charge in [0.15, 0.2) is 5.82 Å². The van der Waals surface area contributed by atoms with E-state index in [1.54, 1.807) is 0 Å². The zero-order chi connectivity index (χ0) is 11.1. The molecule has 1 aromatic heterocycles. The average Bonchev–Trinajstić information content (AvgIpc) is 2.26. The number of ether oxygens (including phenoxy) is 1. The van der Waals surface area contributed by atoms with Crippen LogP contribution in [0.2, 0.25) is 5.02 Å². The number of hydrogen-bond acceptors (Lipinski definition) is 4. The lowest BCUT2D eigenvalue weighted by atomic mass is 10.3. The Morgan fingerprint density at radius 2 is 2.27 bits per heavy atom. The molecule has 0 saturated heterocycles. The molecule has 0 aliphatic rings. The van der Waals surface area contributed by atoms with Crippen LogP contribution in [0.5, 0.6) is 6.01 Å². The van der Waals surface area contributed by atoms with E-state index in [0.717, 1.165) is 19.4 Å². The van der Waals surface area contributed by atoms with Crippen LogP contribution in [0.3, 0.4) is 0 Å². The van der Waals surface area contributed by atoms with Crippen molar-refractivity contribution in [3.8, 4) is 6.01 Å². The number of hydrogen-bond donors (Lipinski definition) is 1. The summed E-state index contributed by atoms with van der Waals surface area (Å²) in [6.45, 7) is 0.784. The van der Waals surface area contributed by atoms with Gasteiger partial charge in [-0.15, -0.1) is 11.6 Å². The summed E-state index contributed by atoms with van der Waals surface area (Å²) in [5.41, 5.74) is 0. The third kappa shape index (κ3) is 4.10. The predicted octanol–water partition coefficient (Wildman–Crippen LogP) is 2.57. The molecule has 1 heterocycles. The van der Waals surface area contributed by atoms with E-state index in [4.69, 9.17) is 27.9 Å². The topological polar surface area (TPSA) is 47.0 Å². The Morgan fingerprint density at radius 1 is 1.47 bits per heavy atom. The lowest BCUT2D eigenvalue weighted by Gasteiger charge is -2.07. The molecule has 1 aromatic rings. The Balaban J connectivity index is 2.51. The summed E-state index contributed by atoms with van der Waals surface area (Å²) in [7, 11) is 1.51. The van der Waals surface area contributed by atoms with E-state index in [-0.39, 0.29) is 0 Å². The number of alkyl halides is 1. The molecule has 0 unspecified atom stereocenters. The monoisotopic (exact) mass is 249 g/mol. The molecule has 0 fully saturated rings. The highest BCUT2D eigenvalue weighted by atomic mass is 35.5. The predicted molar refractivity (Wildman–Crippen MR) is 62.0 cm³/mol. The lowest BCUT2D eigenvalue weighted by molar-refractivity contribution is 0.380. The van der Waals surface area contributed by atoms with E-state index in [2.05, 4.69) is 15.3 Å². The van der Waals surface area contributed by atoms with E-state index in [9.17, 15) is 0 Å². The first-order chi connectivity index (χ1) is 7.27. The Hall–Kier alpha value is -0.740. The van der Waals surface area contributed by atoms with E-state index in [0.29, 0.717) is 22.7 Å². The molecule has 15 heavy (non-hydrogen) atoms. The van der Waals surface area contributed by atoms with Crippen LogP contribution >= 0.6 is 23.2 Å². The fraction of sp³-hybridized carbons (Fsp3) is 0.556. The molecule has 1 rings (SSSR count). The number of rotatable bonds is 6. The highest BCUT2D eigenvalue weighted by Gasteiger charge is 2.04. The second-order valence-electron chi connectivity index (χ2n) is 2.88. The number of nitrogens with zero attached hydrogens (tertiary/aromatic N) is 2. The molecule has 0 saturated carbocycles. The van der Waals surface area contributed by atoms with Crippen molar-refractivity contribution in [1.29, 1.82) is 0 Å². The summed E-state index contributed by atoms with van der Waals surface area (Å²) in [6, 6.07) is 0.305. The molecule has 1 N–H and O–H groups in total. The Kier molecular flexibility index (Phi) is 5.50. The molecule has 0 amide bonds. The minimum atomic E-state index is 0.305.